The van der Waals surface area contributed by atoms with Gasteiger partial charge in [0, 0.05) is 36.2 Å². The van der Waals surface area contributed by atoms with Gasteiger partial charge in [-0.2, -0.15) is 0 Å². The van der Waals surface area contributed by atoms with Gasteiger partial charge in [0.05, 0.1) is 23.3 Å². The van der Waals surface area contributed by atoms with E-state index in [4.69, 9.17) is 30.6 Å². The van der Waals surface area contributed by atoms with Crippen LogP contribution in [-0.4, -0.2) is 57.4 Å². The minimum Gasteiger partial charge on any atom is -0.470 e. The van der Waals surface area contributed by atoms with Gasteiger partial charge in [0.25, 0.3) is 5.88 Å². The molecule has 1 atom stereocenters. The maximum Gasteiger partial charge on any atom is 0.494 e. The molecule has 2 fully saturated rings. The second-order valence-corrected chi connectivity index (χ2v) is 11.5. The number of halogens is 1. The normalized spacial score (nSPS) is 19.7. The Morgan fingerprint density at radius 2 is 1.70 bits per heavy atom. The molecule has 4 aromatic rings. The molecule has 5 heterocycles. The summed E-state index contributed by atoms with van der Waals surface area (Å²) in [5.41, 5.74) is 2.46. The number of hydrogen-bond donors (Lipinski definition) is 0. The van der Waals surface area contributed by atoms with Crippen LogP contribution in [0.5, 0.6) is 5.88 Å². The van der Waals surface area contributed by atoms with E-state index in [9.17, 15) is 0 Å². The van der Waals surface area contributed by atoms with Crippen molar-refractivity contribution < 1.29 is 14.0 Å². The van der Waals surface area contributed by atoms with E-state index in [1.807, 2.05) is 37.3 Å². The third-order valence-electron chi connectivity index (χ3n) is 7.63. The van der Waals surface area contributed by atoms with E-state index in [0.29, 0.717) is 11.0 Å². The van der Waals surface area contributed by atoms with Gasteiger partial charge in [0.1, 0.15) is 11.9 Å². The average Bonchev–Trinajstić information content (AvgIpc) is 3.17. The molecule has 208 valence electrons. The van der Waals surface area contributed by atoms with Crippen LogP contribution in [0.25, 0.3) is 10.9 Å². The number of aryl methyl sites for hydroxylation is 1. The van der Waals surface area contributed by atoms with Crippen molar-refractivity contribution >= 4 is 40.9 Å². The maximum atomic E-state index is 6.04. The summed E-state index contributed by atoms with van der Waals surface area (Å²) in [6.45, 7) is 11.9. The number of para-hydroxylation sites is 1. The molecule has 40 heavy (non-hydrogen) atoms. The SMILES string of the molecule is Cc1cc(B2OC(C)(C)C(C)(C)O2)ccn1.Clc1nccnc1OC1CCCN(c2ccc3ccccc3n2)C1. The summed E-state index contributed by atoms with van der Waals surface area (Å²) in [4.78, 5) is 19.4. The quantitative estimate of drug-likeness (QED) is 0.307. The first-order chi connectivity index (χ1) is 19.1. The molecule has 2 saturated heterocycles. The predicted octanol–water partition coefficient (Wildman–Crippen LogP) is 5.42. The molecular weight excluding hydrogens is 525 g/mol. The standard InChI is InChI=1S/C18H17ClN4O.C12H18BNO2/c19-17-18(21-10-9-20-17)24-14-5-3-11-23(12-14)16-8-7-13-4-1-2-6-15(13)22-16;1-9-8-10(6-7-14-9)13-15-11(2,3)12(4,5)16-13/h1-2,4,6-10,14H,3,5,11-12H2;6-8H,1-5H3. The van der Waals surface area contributed by atoms with E-state index in [2.05, 4.69) is 65.7 Å². The molecule has 0 spiro atoms. The van der Waals surface area contributed by atoms with Crippen LogP contribution in [0.2, 0.25) is 5.15 Å². The molecule has 0 aliphatic carbocycles. The number of aromatic nitrogens is 4. The first-order valence-corrected chi connectivity index (χ1v) is 14.0. The van der Waals surface area contributed by atoms with Gasteiger partial charge < -0.3 is 18.9 Å². The van der Waals surface area contributed by atoms with Gasteiger partial charge >= 0.3 is 7.12 Å². The molecule has 0 saturated carbocycles. The van der Waals surface area contributed by atoms with Crippen molar-refractivity contribution in [1.82, 2.24) is 19.9 Å². The summed E-state index contributed by atoms with van der Waals surface area (Å²) < 4.78 is 17.9. The van der Waals surface area contributed by atoms with Crippen molar-refractivity contribution in [1.29, 1.82) is 0 Å². The lowest BCUT2D eigenvalue weighted by Gasteiger charge is -2.33. The lowest BCUT2D eigenvalue weighted by molar-refractivity contribution is 0.00578. The molecule has 0 amide bonds. The molecule has 0 radical (unpaired) electrons. The highest BCUT2D eigenvalue weighted by molar-refractivity contribution is 6.62. The lowest BCUT2D eigenvalue weighted by atomic mass is 9.79. The van der Waals surface area contributed by atoms with Gasteiger partial charge in [-0.05, 0) is 83.3 Å². The Bertz CT molecular complexity index is 1450. The third kappa shape index (κ3) is 6.38. The summed E-state index contributed by atoms with van der Waals surface area (Å²) in [5.74, 6) is 1.38. The van der Waals surface area contributed by atoms with Gasteiger partial charge in [-0.3, -0.25) is 4.98 Å². The Morgan fingerprint density at radius 1 is 0.950 bits per heavy atom. The third-order valence-corrected chi connectivity index (χ3v) is 7.89. The fourth-order valence-electron chi connectivity index (χ4n) is 4.71. The number of fused-ring (bicyclic) bond motifs is 1. The number of rotatable bonds is 4. The van der Waals surface area contributed by atoms with Crippen LogP contribution in [0.15, 0.2) is 67.1 Å². The molecule has 3 aromatic heterocycles. The van der Waals surface area contributed by atoms with Gasteiger partial charge in [-0.1, -0.05) is 29.8 Å². The van der Waals surface area contributed by atoms with Crippen LogP contribution in [0.1, 0.15) is 46.2 Å². The largest absolute Gasteiger partial charge is 0.494 e. The molecule has 1 unspecified atom stereocenters. The molecule has 6 rings (SSSR count). The van der Waals surface area contributed by atoms with Gasteiger partial charge in [0.15, 0.2) is 5.15 Å². The summed E-state index contributed by atoms with van der Waals surface area (Å²) >= 11 is 6.04. The highest BCUT2D eigenvalue weighted by atomic mass is 35.5. The zero-order valence-corrected chi connectivity index (χ0v) is 24.4. The van der Waals surface area contributed by atoms with Crippen LogP contribution in [-0.2, 0) is 9.31 Å². The first-order valence-electron chi connectivity index (χ1n) is 13.6. The monoisotopic (exact) mass is 559 g/mol. The number of piperidine rings is 1. The number of ether oxygens (including phenoxy) is 1. The molecule has 1 aromatic carbocycles. The molecule has 0 bridgehead atoms. The molecule has 0 N–H and O–H groups in total. The Balaban J connectivity index is 0.000000176. The van der Waals surface area contributed by atoms with Crippen molar-refractivity contribution in [2.45, 2.75) is 64.8 Å². The second-order valence-electron chi connectivity index (χ2n) is 11.2. The second kappa shape index (κ2) is 11.7. The minimum atomic E-state index is -0.285. The number of nitrogens with zero attached hydrogens (tertiary/aromatic N) is 5. The van der Waals surface area contributed by atoms with Crippen molar-refractivity contribution in [2.24, 2.45) is 0 Å². The Kier molecular flexibility index (Phi) is 8.26. The summed E-state index contributed by atoms with van der Waals surface area (Å²) in [7, 11) is -0.285. The number of benzene rings is 1. The van der Waals surface area contributed by atoms with Crippen LogP contribution >= 0.6 is 11.6 Å². The Morgan fingerprint density at radius 3 is 2.45 bits per heavy atom. The lowest BCUT2D eigenvalue weighted by Crippen LogP contribution is -2.41. The summed E-state index contributed by atoms with van der Waals surface area (Å²) in [5, 5.41) is 1.45. The highest BCUT2D eigenvalue weighted by Gasteiger charge is 2.51. The van der Waals surface area contributed by atoms with Gasteiger partial charge in [0.2, 0.25) is 0 Å². The van der Waals surface area contributed by atoms with E-state index < -0.39 is 0 Å². The summed E-state index contributed by atoms with van der Waals surface area (Å²) in [6.07, 6.45) is 6.97. The number of anilines is 1. The highest BCUT2D eigenvalue weighted by Crippen LogP contribution is 2.36. The average molecular weight is 560 g/mol. The zero-order chi connectivity index (χ0) is 28.3. The topological polar surface area (TPSA) is 82.5 Å². The minimum absolute atomic E-state index is 0.0289. The molecule has 8 nitrogen and oxygen atoms in total. The van der Waals surface area contributed by atoms with Crippen molar-refractivity contribution in [2.75, 3.05) is 18.0 Å². The first kappa shape index (κ1) is 28.3. The van der Waals surface area contributed by atoms with Crippen LogP contribution < -0.4 is 15.1 Å². The van der Waals surface area contributed by atoms with E-state index in [1.54, 1.807) is 18.6 Å². The van der Waals surface area contributed by atoms with E-state index in [0.717, 1.165) is 53.8 Å². The van der Waals surface area contributed by atoms with Crippen molar-refractivity contribution in [3.05, 3.63) is 78.0 Å². The van der Waals surface area contributed by atoms with Crippen LogP contribution in [0.4, 0.5) is 5.82 Å². The summed E-state index contributed by atoms with van der Waals surface area (Å²) in [6, 6.07) is 16.3. The number of hydrogen-bond acceptors (Lipinski definition) is 8. The van der Waals surface area contributed by atoms with Gasteiger partial charge in [-0.25, -0.2) is 15.0 Å². The van der Waals surface area contributed by atoms with Crippen molar-refractivity contribution in [3.63, 3.8) is 0 Å². The molecular formula is C30H35BClN5O3. The van der Waals surface area contributed by atoms with E-state index in [-0.39, 0.29) is 24.4 Å². The molecule has 10 heteroatoms. The fourth-order valence-corrected chi connectivity index (χ4v) is 4.86. The zero-order valence-electron chi connectivity index (χ0n) is 23.7. The Labute approximate surface area is 241 Å². The van der Waals surface area contributed by atoms with Crippen molar-refractivity contribution in [3.8, 4) is 5.88 Å². The van der Waals surface area contributed by atoms with E-state index >= 15 is 0 Å². The fraction of sp³-hybridized carbons (Fsp3) is 0.400. The van der Waals surface area contributed by atoms with Gasteiger partial charge in [-0.15, -0.1) is 0 Å². The van der Waals surface area contributed by atoms with E-state index in [1.165, 1.54) is 0 Å². The predicted molar refractivity (Wildman–Crippen MR) is 159 cm³/mol. The maximum absolute atomic E-state index is 6.04. The molecule has 2 aliphatic heterocycles. The van der Waals surface area contributed by atoms with Crippen LogP contribution in [0.3, 0.4) is 0 Å². The Hall–Kier alpha value is -3.27. The smallest absolute Gasteiger partial charge is 0.470 e. The van der Waals surface area contributed by atoms with Crippen LogP contribution in [0, 0.1) is 6.92 Å². The molecule has 2 aliphatic rings. The number of pyridine rings is 2.